The number of pyridine rings is 1. The first-order valence-electron chi connectivity index (χ1n) is 9.89. The Balaban J connectivity index is 2.09. The molecule has 10 heteroatoms. The van der Waals surface area contributed by atoms with Gasteiger partial charge < -0.3 is 25.4 Å². The molecule has 2 heterocycles. The molecule has 1 saturated heterocycles. The summed E-state index contributed by atoms with van der Waals surface area (Å²) in [6.07, 6.45) is 0. The molecular formula is C22H20F3N3O4. The fourth-order valence-electron chi connectivity index (χ4n) is 4.15. The molecule has 32 heavy (non-hydrogen) atoms. The number of aryl methyl sites for hydroxylation is 1. The lowest BCUT2D eigenvalue weighted by molar-refractivity contribution is 0.0696. The van der Waals surface area contributed by atoms with Crippen molar-refractivity contribution in [2.75, 3.05) is 24.5 Å². The largest absolute Gasteiger partial charge is 0.508 e. The minimum Gasteiger partial charge on any atom is -0.508 e. The predicted octanol–water partition coefficient (Wildman–Crippen LogP) is 3.12. The summed E-state index contributed by atoms with van der Waals surface area (Å²) in [5, 5.41) is 21.4. The lowest BCUT2D eigenvalue weighted by Gasteiger charge is -2.34. The summed E-state index contributed by atoms with van der Waals surface area (Å²) in [5.41, 5.74) is -3.12. The normalized spacial score (nSPS) is 16.5. The van der Waals surface area contributed by atoms with Crippen LogP contribution < -0.4 is 15.6 Å². The highest BCUT2D eigenvalue weighted by atomic mass is 19.2. The standard InChI is InChI=1S/C22H20F3N3O4/c1-9-7-11(29)3-4-12(9)18-14(22(31)32)21(30)13-15(23)16(24)20(17(25)19(13)27-18)28-6-5-26-10(2)8-28/h3-4,7,10,26,29H,5-6,8H2,1-2H3,(H,27,30)(H,31,32). The second-order valence-electron chi connectivity index (χ2n) is 7.85. The first-order valence-corrected chi connectivity index (χ1v) is 9.89. The molecule has 0 radical (unpaired) electrons. The fraction of sp³-hybridized carbons (Fsp3) is 0.273. The van der Waals surface area contributed by atoms with E-state index in [9.17, 15) is 24.2 Å². The van der Waals surface area contributed by atoms with E-state index in [4.69, 9.17) is 0 Å². The Bertz CT molecular complexity index is 1320. The summed E-state index contributed by atoms with van der Waals surface area (Å²) in [5.74, 6) is -6.11. The zero-order valence-corrected chi connectivity index (χ0v) is 17.2. The van der Waals surface area contributed by atoms with Crippen LogP contribution >= 0.6 is 0 Å². The molecule has 0 spiro atoms. The molecule has 1 unspecified atom stereocenters. The Labute approximate surface area is 180 Å². The average Bonchev–Trinajstić information content (AvgIpc) is 2.71. The Morgan fingerprint density at radius 3 is 2.53 bits per heavy atom. The summed E-state index contributed by atoms with van der Waals surface area (Å²) < 4.78 is 45.5. The lowest BCUT2D eigenvalue weighted by Crippen LogP contribution is -2.50. The summed E-state index contributed by atoms with van der Waals surface area (Å²) in [6.45, 7) is 4.21. The molecule has 3 aromatic rings. The van der Waals surface area contributed by atoms with Crippen LogP contribution in [0.1, 0.15) is 22.8 Å². The number of aromatic amines is 1. The number of aromatic nitrogens is 1. The number of benzene rings is 2. The van der Waals surface area contributed by atoms with Gasteiger partial charge in [0.15, 0.2) is 17.5 Å². The van der Waals surface area contributed by atoms with Gasteiger partial charge in [0, 0.05) is 31.2 Å². The number of carboxylic acids is 1. The van der Waals surface area contributed by atoms with E-state index in [0.717, 1.165) is 0 Å². The quantitative estimate of drug-likeness (QED) is 0.460. The van der Waals surface area contributed by atoms with Gasteiger partial charge in [-0.2, -0.15) is 0 Å². The Hall–Kier alpha value is -3.53. The monoisotopic (exact) mass is 447 g/mol. The van der Waals surface area contributed by atoms with E-state index in [2.05, 4.69) is 10.3 Å². The molecule has 168 valence electrons. The van der Waals surface area contributed by atoms with Crippen LogP contribution in [0.5, 0.6) is 5.75 Å². The number of halogens is 3. The maximum absolute atomic E-state index is 15.6. The van der Waals surface area contributed by atoms with Gasteiger partial charge in [0.05, 0.1) is 16.6 Å². The molecule has 1 aliphatic rings. The van der Waals surface area contributed by atoms with Gasteiger partial charge in [-0.05, 0) is 37.6 Å². The SMILES string of the molecule is Cc1cc(O)ccc1-c1[nH]c2c(F)c(N3CCNC(C)C3)c(F)c(F)c2c(=O)c1C(=O)O. The third-order valence-corrected chi connectivity index (χ3v) is 5.63. The molecule has 2 aromatic carbocycles. The van der Waals surface area contributed by atoms with Gasteiger partial charge in [0.25, 0.3) is 0 Å². The number of aromatic carboxylic acids is 1. The molecule has 1 atom stereocenters. The van der Waals surface area contributed by atoms with Crippen molar-refractivity contribution in [3.8, 4) is 17.0 Å². The summed E-state index contributed by atoms with van der Waals surface area (Å²) in [4.78, 5) is 28.7. The van der Waals surface area contributed by atoms with Crippen LogP contribution in [-0.2, 0) is 0 Å². The van der Waals surface area contributed by atoms with Gasteiger partial charge in [0.2, 0.25) is 5.43 Å². The van der Waals surface area contributed by atoms with Crippen molar-refractivity contribution in [1.29, 1.82) is 0 Å². The van der Waals surface area contributed by atoms with Gasteiger partial charge >= 0.3 is 5.97 Å². The zero-order valence-electron chi connectivity index (χ0n) is 17.2. The smallest absolute Gasteiger partial charge is 0.341 e. The maximum atomic E-state index is 15.6. The maximum Gasteiger partial charge on any atom is 0.341 e. The molecule has 1 fully saturated rings. The van der Waals surface area contributed by atoms with Gasteiger partial charge in [0.1, 0.15) is 17.0 Å². The van der Waals surface area contributed by atoms with E-state index in [1.165, 1.54) is 23.1 Å². The Kier molecular flexibility index (Phi) is 5.33. The summed E-state index contributed by atoms with van der Waals surface area (Å²) in [7, 11) is 0. The van der Waals surface area contributed by atoms with E-state index in [0.29, 0.717) is 12.1 Å². The third-order valence-electron chi connectivity index (χ3n) is 5.63. The number of carbonyl (C=O) groups is 1. The average molecular weight is 447 g/mol. The van der Waals surface area contributed by atoms with Crippen molar-refractivity contribution in [3.05, 3.63) is 57.0 Å². The summed E-state index contributed by atoms with van der Waals surface area (Å²) >= 11 is 0. The van der Waals surface area contributed by atoms with Crippen molar-refractivity contribution < 1.29 is 28.2 Å². The summed E-state index contributed by atoms with van der Waals surface area (Å²) in [6, 6.07) is 3.85. The van der Waals surface area contributed by atoms with Crippen LogP contribution in [0.3, 0.4) is 0 Å². The van der Waals surface area contributed by atoms with E-state index < -0.39 is 51.0 Å². The topological polar surface area (TPSA) is 106 Å². The van der Waals surface area contributed by atoms with Crippen molar-refractivity contribution >= 4 is 22.6 Å². The number of fused-ring (bicyclic) bond motifs is 1. The van der Waals surface area contributed by atoms with Crippen LogP contribution in [0.2, 0.25) is 0 Å². The molecular weight excluding hydrogens is 427 g/mol. The van der Waals surface area contributed by atoms with E-state index >= 15 is 8.78 Å². The third kappa shape index (κ3) is 3.36. The van der Waals surface area contributed by atoms with Crippen LogP contribution in [0.15, 0.2) is 23.0 Å². The molecule has 0 aliphatic carbocycles. The minimum atomic E-state index is -1.68. The molecule has 4 N–H and O–H groups in total. The number of rotatable bonds is 3. The molecule has 7 nitrogen and oxygen atoms in total. The van der Waals surface area contributed by atoms with Gasteiger partial charge in [-0.25, -0.2) is 18.0 Å². The van der Waals surface area contributed by atoms with Crippen molar-refractivity contribution in [3.63, 3.8) is 0 Å². The number of H-pyrrole nitrogens is 1. The van der Waals surface area contributed by atoms with Gasteiger partial charge in [-0.15, -0.1) is 0 Å². The van der Waals surface area contributed by atoms with Crippen LogP contribution in [0, 0.1) is 24.4 Å². The van der Waals surface area contributed by atoms with Crippen LogP contribution in [-0.4, -0.2) is 46.8 Å². The lowest BCUT2D eigenvalue weighted by atomic mass is 9.98. The number of anilines is 1. The number of nitrogens with zero attached hydrogens (tertiary/aromatic N) is 1. The first-order chi connectivity index (χ1) is 15.1. The van der Waals surface area contributed by atoms with E-state index in [1.807, 2.05) is 6.92 Å². The van der Waals surface area contributed by atoms with E-state index in [-0.39, 0.29) is 36.1 Å². The highest BCUT2D eigenvalue weighted by Gasteiger charge is 2.31. The zero-order chi connectivity index (χ0) is 23.3. The van der Waals surface area contributed by atoms with Gasteiger partial charge in [-0.3, -0.25) is 4.79 Å². The number of carboxylic acid groups (broad SMARTS) is 1. The minimum absolute atomic E-state index is 0.0966. The molecule has 0 saturated carbocycles. The highest BCUT2D eigenvalue weighted by Crippen LogP contribution is 2.35. The molecule has 0 amide bonds. The predicted molar refractivity (Wildman–Crippen MR) is 113 cm³/mol. The van der Waals surface area contributed by atoms with Crippen molar-refractivity contribution in [1.82, 2.24) is 10.3 Å². The number of hydrogen-bond acceptors (Lipinski definition) is 5. The highest BCUT2D eigenvalue weighted by molar-refractivity contribution is 6.00. The second-order valence-corrected chi connectivity index (χ2v) is 7.85. The van der Waals surface area contributed by atoms with Crippen LogP contribution in [0.4, 0.5) is 18.9 Å². The molecule has 1 aromatic heterocycles. The number of piperazine rings is 1. The fourth-order valence-corrected chi connectivity index (χ4v) is 4.15. The molecule has 0 bridgehead atoms. The number of phenolic OH excluding ortho intramolecular Hbond substituents is 1. The number of phenols is 1. The number of aromatic hydroxyl groups is 1. The van der Waals surface area contributed by atoms with Crippen molar-refractivity contribution in [2.24, 2.45) is 0 Å². The number of nitrogens with one attached hydrogen (secondary N) is 2. The van der Waals surface area contributed by atoms with Crippen molar-refractivity contribution in [2.45, 2.75) is 19.9 Å². The Morgan fingerprint density at radius 2 is 1.91 bits per heavy atom. The second kappa shape index (κ2) is 7.86. The first kappa shape index (κ1) is 21.7. The Morgan fingerprint density at radius 1 is 1.19 bits per heavy atom. The van der Waals surface area contributed by atoms with Gasteiger partial charge in [-0.1, -0.05) is 0 Å². The van der Waals surface area contributed by atoms with E-state index in [1.54, 1.807) is 6.92 Å². The van der Waals surface area contributed by atoms with Crippen LogP contribution in [0.25, 0.3) is 22.2 Å². The number of hydrogen-bond donors (Lipinski definition) is 4. The molecule has 1 aliphatic heterocycles. The molecule has 4 rings (SSSR count).